The lowest BCUT2D eigenvalue weighted by Gasteiger charge is -2.31. The number of anilines is 2. The first-order valence-electron chi connectivity index (χ1n) is 24.5. The quantitative estimate of drug-likeness (QED) is 0.0524. The van der Waals surface area contributed by atoms with E-state index in [0.717, 1.165) is 90.5 Å². The maximum Gasteiger partial charge on any atom is 0.411 e. The van der Waals surface area contributed by atoms with E-state index in [-0.39, 0.29) is 27.7 Å². The van der Waals surface area contributed by atoms with E-state index in [1.807, 2.05) is 0 Å². The van der Waals surface area contributed by atoms with Crippen molar-refractivity contribution in [2.45, 2.75) is 103 Å². The molecule has 0 unspecified atom stereocenters. The minimum atomic E-state index is -0.618. The summed E-state index contributed by atoms with van der Waals surface area (Å²) >= 11 is 5.95. The van der Waals surface area contributed by atoms with Crippen molar-refractivity contribution >= 4 is 46.4 Å². The number of hydrogen-bond acceptors (Lipinski definition) is 5. The molecular formula is C57H69ClF2N5O3+. The molecule has 0 saturated carbocycles. The van der Waals surface area contributed by atoms with E-state index in [2.05, 4.69) is 139 Å². The van der Waals surface area contributed by atoms with Crippen LogP contribution in [0.25, 0.3) is 11.1 Å². The highest BCUT2D eigenvalue weighted by molar-refractivity contribution is 6.31. The lowest BCUT2D eigenvalue weighted by atomic mass is 9.81. The minimum Gasteiger partial charge on any atom is -0.449 e. The summed E-state index contributed by atoms with van der Waals surface area (Å²) in [5, 5.41) is 5.77. The largest absolute Gasteiger partial charge is 0.449 e. The summed E-state index contributed by atoms with van der Waals surface area (Å²) in [6.07, 6.45) is 20.0. The van der Waals surface area contributed by atoms with Crippen LogP contribution in [0, 0.1) is 17.6 Å². The van der Waals surface area contributed by atoms with Gasteiger partial charge in [0.25, 0.3) is 0 Å². The molecule has 0 atom stereocenters. The van der Waals surface area contributed by atoms with E-state index in [0.29, 0.717) is 29.8 Å². The first kappa shape index (κ1) is 50.3. The van der Waals surface area contributed by atoms with Gasteiger partial charge in [0.15, 0.2) is 5.71 Å². The summed E-state index contributed by atoms with van der Waals surface area (Å²) in [4.78, 5) is 30.4. The Labute approximate surface area is 407 Å². The number of para-hydroxylation sites is 2. The first-order chi connectivity index (χ1) is 32.7. The van der Waals surface area contributed by atoms with Crippen LogP contribution in [0.3, 0.4) is 0 Å². The SMILES string of the molecule is C[N+]1=C(C=CC=CC=C2N(CCCCCC(=O)NCCCCCCN3CCC(COC(=O)Nc4ccc(F)cc4-c4ccc(F)c(Cl)c4)CC3)c3ccccc3C2(C)C)C(C)(C)c2ccccc21. The fraction of sp³-hybridized carbons (Fsp3) is 0.421. The number of unbranched alkanes of at least 4 members (excludes halogenated alkanes) is 5. The number of nitrogens with zero attached hydrogens (tertiary/aromatic N) is 3. The van der Waals surface area contributed by atoms with Crippen LogP contribution in [0.4, 0.5) is 30.6 Å². The number of likely N-dealkylation sites (tertiary alicyclic amines) is 1. The van der Waals surface area contributed by atoms with Crippen LogP contribution in [0.1, 0.15) is 103 Å². The van der Waals surface area contributed by atoms with Crippen LogP contribution in [-0.2, 0) is 20.4 Å². The van der Waals surface area contributed by atoms with Crippen molar-refractivity contribution in [3.8, 4) is 11.1 Å². The second-order valence-corrected chi connectivity index (χ2v) is 20.0. The molecule has 3 aliphatic rings. The van der Waals surface area contributed by atoms with Crippen molar-refractivity contribution in [3.63, 3.8) is 0 Å². The molecule has 4 aromatic rings. The number of rotatable bonds is 20. The van der Waals surface area contributed by atoms with Gasteiger partial charge in [-0.3, -0.25) is 10.1 Å². The Bertz CT molecular complexity index is 2540. The number of ether oxygens (including phenoxy) is 1. The second-order valence-electron chi connectivity index (χ2n) is 19.6. The van der Waals surface area contributed by atoms with Crippen molar-refractivity contribution in [3.05, 3.63) is 149 Å². The van der Waals surface area contributed by atoms with Gasteiger partial charge in [-0.2, -0.15) is 4.58 Å². The summed E-state index contributed by atoms with van der Waals surface area (Å²) in [5.41, 5.74) is 8.89. The lowest BCUT2D eigenvalue weighted by molar-refractivity contribution is -0.401. The molecule has 3 aliphatic heterocycles. The second kappa shape index (κ2) is 23.1. The van der Waals surface area contributed by atoms with Gasteiger partial charge in [0, 0.05) is 59.6 Å². The van der Waals surface area contributed by atoms with Gasteiger partial charge >= 0.3 is 6.09 Å². The molecule has 0 spiro atoms. The molecule has 8 nitrogen and oxygen atoms in total. The molecular weight excluding hydrogens is 876 g/mol. The molecule has 0 aliphatic carbocycles. The number of carbonyl (C=O) groups is 2. The van der Waals surface area contributed by atoms with Crippen LogP contribution in [0.2, 0.25) is 5.02 Å². The Hall–Kier alpha value is -5.58. The van der Waals surface area contributed by atoms with Crippen molar-refractivity contribution in [1.82, 2.24) is 10.2 Å². The van der Waals surface area contributed by atoms with Gasteiger partial charge in [-0.25, -0.2) is 13.6 Å². The van der Waals surface area contributed by atoms with Crippen molar-refractivity contribution < 1.29 is 27.7 Å². The number of nitrogens with one attached hydrogen (secondary N) is 2. The standard InChI is InChI=1S/C57H68ClF2N5O3/c1-56(2)45-20-13-15-22-50(45)63(5)52(56)24-10-8-11-25-53-57(3,4)46-21-14-16-23-51(46)65(53)35-19-9-12-26-54(66)61-33-17-6-7-18-34-64-36-31-41(32-37-64)40-68-55(67)62-49-30-28-43(59)39-44(49)42-27-29-48(60)47(58)38-42/h8,10-11,13-16,20-25,27-30,38-39,41H,6-7,9,12,17-19,26,31-37,40H2,1-5H3,(H-,61,62,66,67)/p+1. The number of fused-ring (bicyclic) bond motifs is 2. The molecule has 11 heteroatoms. The zero-order chi connectivity index (χ0) is 48.3. The van der Waals surface area contributed by atoms with Crippen LogP contribution in [0.5, 0.6) is 0 Å². The highest BCUT2D eigenvalue weighted by Gasteiger charge is 2.42. The molecule has 0 aromatic heterocycles. The summed E-state index contributed by atoms with van der Waals surface area (Å²) in [7, 11) is 2.15. The molecule has 360 valence electrons. The molecule has 7 rings (SSSR count). The maximum atomic E-state index is 14.1. The summed E-state index contributed by atoms with van der Waals surface area (Å²) < 4.78 is 35.7. The third kappa shape index (κ3) is 12.4. The number of amides is 2. The number of halogens is 3. The average Bonchev–Trinajstić information content (AvgIpc) is 3.66. The molecule has 2 N–H and O–H groups in total. The van der Waals surface area contributed by atoms with Crippen LogP contribution in [-0.4, -0.2) is 73.6 Å². The van der Waals surface area contributed by atoms with E-state index in [4.69, 9.17) is 16.3 Å². The molecule has 2 amide bonds. The number of hydrogen-bond donors (Lipinski definition) is 2. The molecule has 68 heavy (non-hydrogen) atoms. The van der Waals surface area contributed by atoms with E-state index in [1.54, 1.807) is 0 Å². The van der Waals surface area contributed by atoms with Crippen LogP contribution >= 0.6 is 11.6 Å². The smallest absolute Gasteiger partial charge is 0.411 e. The molecule has 0 bridgehead atoms. The number of carbonyl (C=O) groups excluding carboxylic acids is 2. The van der Waals surface area contributed by atoms with Gasteiger partial charge in [0.1, 0.15) is 18.7 Å². The Morgan fingerprint density at radius 1 is 0.809 bits per heavy atom. The van der Waals surface area contributed by atoms with Gasteiger partial charge in [0.2, 0.25) is 11.6 Å². The lowest BCUT2D eigenvalue weighted by Crippen LogP contribution is -2.36. The van der Waals surface area contributed by atoms with Gasteiger partial charge in [-0.15, -0.1) is 0 Å². The van der Waals surface area contributed by atoms with E-state index < -0.39 is 17.7 Å². The highest BCUT2D eigenvalue weighted by Crippen LogP contribution is 2.48. The van der Waals surface area contributed by atoms with Gasteiger partial charge < -0.3 is 19.9 Å². The zero-order valence-corrected chi connectivity index (χ0v) is 41.3. The zero-order valence-electron chi connectivity index (χ0n) is 40.6. The minimum absolute atomic E-state index is 0.0511. The maximum absolute atomic E-state index is 14.1. The van der Waals surface area contributed by atoms with E-state index in [9.17, 15) is 18.4 Å². The Kier molecular flexibility index (Phi) is 17.1. The predicted octanol–water partition coefficient (Wildman–Crippen LogP) is 13.3. The predicted molar refractivity (Wildman–Crippen MR) is 274 cm³/mol. The fourth-order valence-corrected chi connectivity index (χ4v) is 10.3. The third-order valence-electron chi connectivity index (χ3n) is 14.1. The normalized spacial score (nSPS) is 17.4. The molecule has 4 aromatic carbocycles. The van der Waals surface area contributed by atoms with Crippen LogP contribution < -0.4 is 15.5 Å². The fourth-order valence-electron chi connectivity index (χ4n) is 10.1. The van der Waals surface area contributed by atoms with Gasteiger partial charge in [-0.05, 0) is 132 Å². The first-order valence-corrected chi connectivity index (χ1v) is 24.9. The third-order valence-corrected chi connectivity index (χ3v) is 14.4. The number of piperidine rings is 1. The Morgan fingerprint density at radius 3 is 2.31 bits per heavy atom. The average molecular weight is 946 g/mol. The number of benzene rings is 4. The summed E-state index contributed by atoms with van der Waals surface area (Å²) in [5.74, 6) is -0.651. The molecule has 1 fully saturated rings. The molecule has 0 radical (unpaired) electrons. The summed E-state index contributed by atoms with van der Waals surface area (Å²) in [6.45, 7) is 14.1. The van der Waals surface area contributed by atoms with Crippen molar-refractivity contribution in [2.24, 2.45) is 5.92 Å². The van der Waals surface area contributed by atoms with Crippen molar-refractivity contribution in [2.75, 3.05) is 56.6 Å². The monoisotopic (exact) mass is 945 g/mol. The topological polar surface area (TPSA) is 76.9 Å². The highest BCUT2D eigenvalue weighted by atomic mass is 35.5. The van der Waals surface area contributed by atoms with Crippen molar-refractivity contribution in [1.29, 1.82) is 0 Å². The summed E-state index contributed by atoms with van der Waals surface area (Å²) in [6, 6.07) is 25.5. The molecule has 3 heterocycles. The van der Waals surface area contributed by atoms with Gasteiger partial charge in [-0.1, -0.05) is 105 Å². The Balaban J connectivity index is 0.742. The number of allylic oxidation sites excluding steroid dienone is 6. The van der Waals surface area contributed by atoms with Crippen LogP contribution in [0.15, 0.2) is 121 Å². The van der Waals surface area contributed by atoms with E-state index >= 15 is 0 Å². The Morgan fingerprint density at radius 2 is 1.53 bits per heavy atom. The van der Waals surface area contributed by atoms with Gasteiger partial charge in [0.05, 0.1) is 22.7 Å². The van der Waals surface area contributed by atoms with E-state index in [1.165, 1.54) is 70.3 Å². The molecule has 1 saturated heterocycles.